The third kappa shape index (κ3) is 25.8. The average molecular weight is 851 g/mol. The number of hydrogen-bond donors (Lipinski definition) is 2. The van der Waals surface area contributed by atoms with Gasteiger partial charge in [-0.2, -0.15) is 9.13 Å². The molecule has 0 radical (unpaired) electrons. The van der Waals surface area contributed by atoms with Crippen molar-refractivity contribution in [3.63, 3.8) is 0 Å². The molecular weight excluding hydrogens is 768 g/mol. The first-order valence-corrected chi connectivity index (χ1v) is 24.2. The van der Waals surface area contributed by atoms with Crippen LogP contribution in [0, 0.1) is 0 Å². The van der Waals surface area contributed by atoms with Crippen molar-refractivity contribution in [1.82, 2.24) is 0 Å². The molecule has 0 aliphatic rings. The maximum atomic E-state index is 3.93. The Bertz CT molecular complexity index is 948. The summed E-state index contributed by atoms with van der Waals surface area (Å²) < 4.78 is 4.62. The fourth-order valence-corrected chi connectivity index (χ4v) is 8.35. The van der Waals surface area contributed by atoms with Crippen LogP contribution < -0.4 is 19.8 Å². The van der Waals surface area contributed by atoms with Crippen molar-refractivity contribution >= 4 is 43.2 Å². The molecule has 2 atom stereocenters. The second kappa shape index (κ2) is 34.4. The summed E-state index contributed by atoms with van der Waals surface area (Å²) in [6.45, 7) is 6.76. The molecule has 4 nitrogen and oxygen atoms in total. The first kappa shape index (κ1) is 47.0. The number of aromatic nitrogens is 2. The van der Waals surface area contributed by atoms with Gasteiger partial charge in [-0.25, -0.2) is 0 Å². The van der Waals surface area contributed by atoms with Gasteiger partial charge in [0.15, 0.2) is 24.8 Å². The van der Waals surface area contributed by atoms with Gasteiger partial charge in [0.25, 0.3) is 0 Å². The van der Waals surface area contributed by atoms with E-state index in [0.29, 0.717) is 9.90 Å². The molecule has 0 amide bonds. The van der Waals surface area contributed by atoms with Gasteiger partial charge < -0.3 is 10.6 Å². The number of unbranched alkanes of at least 4 members (excludes halogenated alkanes) is 25. The van der Waals surface area contributed by atoms with Crippen molar-refractivity contribution in [3.8, 4) is 0 Å². The zero-order valence-corrected chi connectivity index (χ0v) is 37.2. The minimum atomic E-state index is 0.389. The monoisotopic (exact) mass is 848 g/mol. The second-order valence-corrected chi connectivity index (χ2v) is 17.7. The summed E-state index contributed by atoms with van der Waals surface area (Å²) in [7, 11) is 0. The summed E-state index contributed by atoms with van der Waals surface area (Å²) in [5, 5.41) is 7.23. The van der Waals surface area contributed by atoms with Crippen molar-refractivity contribution in [2.24, 2.45) is 0 Å². The molecule has 52 heavy (non-hydrogen) atoms. The molecule has 2 aromatic rings. The number of nitrogens with one attached hydrogen (secondary N) is 2. The highest BCUT2D eigenvalue weighted by molar-refractivity contribution is 9.09. The molecule has 298 valence electrons. The Hall–Kier alpha value is -1.14. The molecule has 2 rings (SSSR count). The van der Waals surface area contributed by atoms with Gasteiger partial charge in [0.2, 0.25) is 9.90 Å². The maximum Gasteiger partial charge on any atom is 0.211 e. The molecule has 0 spiro atoms. The molecule has 0 aliphatic heterocycles. The smallest absolute Gasteiger partial charge is 0.211 e. The van der Waals surface area contributed by atoms with Gasteiger partial charge in [-0.15, -0.1) is 0 Å². The first-order valence-electron chi connectivity index (χ1n) is 22.4. The van der Waals surface area contributed by atoms with E-state index in [2.05, 4.69) is 115 Å². The largest absolute Gasteiger partial charge is 0.385 e. The molecule has 0 saturated carbocycles. The highest BCUT2D eigenvalue weighted by atomic mass is 79.9. The second-order valence-electron chi connectivity index (χ2n) is 15.6. The summed E-state index contributed by atoms with van der Waals surface area (Å²) in [4.78, 5) is 0.779. The molecule has 2 N–H and O–H groups in total. The van der Waals surface area contributed by atoms with Crippen molar-refractivity contribution in [1.29, 1.82) is 0 Å². The maximum absolute atomic E-state index is 3.93. The topological polar surface area (TPSA) is 31.8 Å². The fourth-order valence-electron chi connectivity index (χ4n) is 7.16. The van der Waals surface area contributed by atoms with E-state index in [4.69, 9.17) is 0 Å². The number of alkyl halides is 2. The number of nitrogens with zero attached hydrogens (tertiary/aromatic N) is 2. The van der Waals surface area contributed by atoms with Crippen molar-refractivity contribution < 1.29 is 9.13 Å². The number of anilines is 2. The van der Waals surface area contributed by atoms with Crippen LogP contribution in [-0.4, -0.2) is 13.1 Å². The van der Waals surface area contributed by atoms with Gasteiger partial charge in [0, 0.05) is 61.6 Å². The van der Waals surface area contributed by atoms with Crippen LogP contribution >= 0.6 is 31.9 Å². The minimum Gasteiger partial charge on any atom is -0.385 e. The Morgan fingerprint density at radius 2 is 0.635 bits per heavy atom. The van der Waals surface area contributed by atoms with Crippen LogP contribution in [0.5, 0.6) is 0 Å². The highest BCUT2D eigenvalue weighted by Crippen LogP contribution is 2.21. The lowest BCUT2D eigenvalue weighted by molar-refractivity contribution is -0.698. The number of hydrogen-bond acceptors (Lipinski definition) is 2. The Morgan fingerprint density at radius 3 is 0.923 bits per heavy atom. The molecule has 0 aliphatic carbocycles. The van der Waals surface area contributed by atoms with E-state index in [1.54, 1.807) is 0 Å². The molecular formula is C46H82Br2N4+2. The lowest BCUT2D eigenvalue weighted by Gasteiger charge is -2.09. The van der Waals surface area contributed by atoms with E-state index in [0.717, 1.165) is 13.1 Å². The van der Waals surface area contributed by atoms with Crippen LogP contribution in [0.15, 0.2) is 49.1 Å². The zero-order chi connectivity index (χ0) is 37.2. The minimum absolute atomic E-state index is 0.389. The molecule has 6 heteroatoms. The van der Waals surface area contributed by atoms with E-state index < -0.39 is 0 Å². The molecule has 2 aromatic heterocycles. The molecule has 0 saturated heterocycles. The summed E-state index contributed by atoms with van der Waals surface area (Å²) in [6, 6.07) is 8.93. The van der Waals surface area contributed by atoms with Crippen molar-refractivity contribution in [2.75, 3.05) is 23.7 Å². The summed E-state index contributed by atoms with van der Waals surface area (Å²) in [6.07, 6.45) is 49.8. The van der Waals surface area contributed by atoms with Gasteiger partial charge in [-0.3, -0.25) is 0 Å². The normalized spacial score (nSPS) is 12.6. The fraction of sp³-hybridized carbons (Fsp3) is 0.783. The van der Waals surface area contributed by atoms with Crippen LogP contribution in [0.2, 0.25) is 0 Å². The lowest BCUT2D eigenvalue weighted by atomic mass is 10.1. The van der Waals surface area contributed by atoms with Gasteiger partial charge >= 0.3 is 0 Å². The van der Waals surface area contributed by atoms with Crippen molar-refractivity contribution in [3.05, 3.63) is 49.1 Å². The number of rotatable bonds is 37. The lowest BCUT2D eigenvalue weighted by Crippen LogP contribution is -2.35. The SMILES string of the molecule is CCCCCCCCCCCCNc1cc[n+](C(Br)CCCCCCCCCCC(Br)[n+]2ccc(NCCCCCCCCCCCC)cc2)cc1. The Morgan fingerprint density at radius 1 is 0.385 bits per heavy atom. The standard InChI is InChI=1S/C46H80Br2N4/c1-3-5-7-9-11-13-17-21-25-29-37-49-43-33-39-51(40-34-43)45(47)31-27-23-19-15-16-20-24-28-32-46(48)52-41-35-44(36-42-52)50-38-30-26-22-18-14-12-10-8-6-4-2/h33-36,39-42,45-46H,3-32,37-38H2,1-2H3/p+2. The quantitative estimate of drug-likeness (QED) is 0.0403. The Kier molecular flexibility index (Phi) is 31.1. The van der Waals surface area contributed by atoms with Gasteiger partial charge in [-0.05, 0) is 57.5 Å². The van der Waals surface area contributed by atoms with E-state index in [-0.39, 0.29) is 0 Å². The molecule has 0 bridgehead atoms. The van der Waals surface area contributed by atoms with E-state index in [9.17, 15) is 0 Å². The highest BCUT2D eigenvalue weighted by Gasteiger charge is 2.14. The molecule has 2 unspecified atom stereocenters. The third-order valence-electron chi connectivity index (χ3n) is 10.7. The predicted octanol–water partition coefficient (Wildman–Crippen LogP) is 15.3. The third-order valence-corrected chi connectivity index (χ3v) is 12.6. The van der Waals surface area contributed by atoms with E-state index in [1.807, 2.05) is 0 Å². The molecule has 2 heterocycles. The van der Waals surface area contributed by atoms with Gasteiger partial charge in [0.1, 0.15) is 0 Å². The van der Waals surface area contributed by atoms with E-state index >= 15 is 0 Å². The van der Waals surface area contributed by atoms with Crippen LogP contribution in [0.1, 0.15) is 216 Å². The van der Waals surface area contributed by atoms with Crippen molar-refractivity contribution in [2.45, 2.75) is 216 Å². The van der Waals surface area contributed by atoms with Crippen LogP contribution in [-0.2, 0) is 0 Å². The van der Waals surface area contributed by atoms with E-state index in [1.165, 1.54) is 204 Å². The van der Waals surface area contributed by atoms with Crippen LogP contribution in [0.3, 0.4) is 0 Å². The summed E-state index contributed by atoms with van der Waals surface area (Å²) >= 11 is 7.85. The molecule has 0 aromatic carbocycles. The summed E-state index contributed by atoms with van der Waals surface area (Å²) in [5.41, 5.74) is 2.49. The number of halogens is 2. The predicted molar refractivity (Wildman–Crippen MR) is 236 cm³/mol. The summed E-state index contributed by atoms with van der Waals surface area (Å²) in [5.74, 6) is 0. The Balaban J connectivity index is 1.38. The average Bonchev–Trinajstić information content (AvgIpc) is 3.17. The number of pyridine rings is 2. The Labute approximate surface area is 339 Å². The zero-order valence-electron chi connectivity index (χ0n) is 34.1. The van der Waals surface area contributed by atoms with Gasteiger partial charge in [-0.1, -0.05) is 168 Å². The van der Waals surface area contributed by atoms with Crippen LogP contribution in [0.4, 0.5) is 11.4 Å². The first-order chi connectivity index (χ1) is 25.6. The van der Waals surface area contributed by atoms with Gasteiger partial charge in [0.05, 0.1) is 0 Å². The molecule has 0 fully saturated rings. The van der Waals surface area contributed by atoms with Crippen LogP contribution in [0.25, 0.3) is 0 Å².